The number of hydrogen-bond donors (Lipinski definition) is 2. The van der Waals surface area contributed by atoms with Gasteiger partial charge in [0.05, 0.1) is 31.6 Å². The minimum Gasteiger partial charge on any atom is -0.394 e. The third-order valence-corrected chi connectivity index (χ3v) is 5.92. The monoisotopic (exact) mass is 476 g/mol. The number of anilines is 1. The number of rotatable bonds is 5. The Morgan fingerprint density at radius 1 is 1.44 bits per heavy atom. The Labute approximate surface area is 198 Å². The predicted octanol–water partition coefficient (Wildman–Crippen LogP) is 2.11. The van der Waals surface area contributed by atoms with Crippen LogP contribution in [0, 0.1) is 11.7 Å². The normalized spacial score (nSPS) is 20.6. The van der Waals surface area contributed by atoms with Crippen LogP contribution in [0.2, 0.25) is 0 Å². The molecule has 1 aromatic carbocycles. The summed E-state index contributed by atoms with van der Waals surface area (Å²) >= 11 is 0. The highest BCUT2D eigenvalue weighted by Gasteiger charge is 2.28. The van der Waals surface area contributed by atoms with Crippen LogP contribution in [0.5, 0.6) is 0 Å². The number of aryl methyl sites for hydroxylation is 1. The molecule has 2 heterocycles. The quantitative estimate of drug-likeness (QED) is 0.684. The summed E-state index contributed by atoms with van der Waals surface area (Å²) in [6.07, 6.45) is 2.29. The van der Waals surface area contributed by atoms with Crippen molar-refractivity contribution in [2.75, 3.05) is 32.1 Å². The van der Waals surface area contributed by atoms with Gasteiger partial charge in [-0.15, -0.1) is 5.10 Å². The van der Waals surface area contributed by atoms with E-state index < -0.39 is 18.0 Å². The Bertz CT molecular complexity index is 970. The molecule has 3 atom stereocenters. The number of aliphatic hydroxyl groups is 1. The molecular weight excluding hydrogens is 443 g/mol. The van der Waals surface area contributed by atoms with Gasteiger partial charge < -0.3 is 25.0 Å². The summed E-state index contributed by atoms with van der Waals surface area (Å²) in [5, 5.41) is 20.6. The number of nitrogens with one attached hydrogen (secondary N) is 1. The molecule has 2 N–H and O–H groups in total. The summed E-state index contributed by atoms with van der Waals surface area (Å²) in [7, 11) is 1.63. The van der Waals surface area contributed by atoms with Gasteiger partial charge in [0, 0.05) is 44.7 Å². The van der Waals surface area contributed by atoms with E-state index in [0.717, 1.165) is 0 Å². The summed E-state index contributed by atoms with van der Waals surface area (Å²) in [6.45, 7) is 4.97. The van der Waals surface area contributed by atoms with E-state index in [9.17, 15) is 19.1 Å². The third kappa shape index (κ3) is 6.97. The third-order valence-electron chi connectivity index (χ3n) is 5.92. The molecule has 34 heavy (non-hydrogen) atoms. The van der Waals surface area contributed by atoms with E-state index in [0.29, 0.717) is 37.3 Å². The van der Waals surface area contributed by atoms with Crippen molar-refractivity contribution in [1.29, 1.82) is 0 Å². The lowest BCUT2D eigenvalue weighted by Crippen LogP contribution is -2.48. The van der Waals surface area contributed by atoms with Gasteiger partial charge in [0.2, 0.25) is 5.91 Å². The number of urea groups is 1. The zero-order chi connectivity index (χ0) is 24.7. The number of benzene rings is 1. The fourth-order valence-electron chi connectivity index (χ4n) is 3.83. The smallest absolute Gasteiger partial charge is 0.321 e. The lowest BCUT2D eigenvalue weighted by molar-refractivity contribution is -0.136. The average molecular weight is 477 g/mol. The van der Waals surface area contributed by atoms with Crippen LogP contribution in [-0.4, -0.2) is 80.7 Å². The molecule has 0 saturated carbocycles. The zero-order valence-corrected chi connectivity index (χ0v) is 19.9. The van der Waals surface area contributed by atoms with E-state index in [4.69, 9.17) is 4.74 Å². The van der Waals surface area contributed by atoms with Crippen molar-refractivity contribution in [2.24, 2.45) is 5.92 Å². The first-order chi connectivity index (χ1) is 16.3. The molecule has 1 aliphatic heterocycles. The van der Waals surface area contributed by atoms with Crippen LogP contribution in [-0.2, 0) is 22.7 Å². The van der Waals surface area contributed by atoms with E-state index in [1.54, 1.807) is 35.8 Å². The summed E-state index contributed by atoms with van der Waals surface area (Å²) in [4.78, 5) is 28.8. The van der Waals surface area contributed by atoms with Gasteiger partial charge in [0.15, 0.2) is 0 Å². The fourth-order valence-corrected chi connectivity index (χ4v) is 3.83. The van der Waals surface area contributed by atoms with Gasteiger partial charge in [-0.2, -0.15) is 0 Å². The van der Waals surface area contributed by atoms with Crippen molar-refractivity contribution < 1.29 is 23.8 Å². The Kier molecular flexibility index (Phi) is 8.94. The van der Waals surface area contributed by atoms with Crippen molar-refractivity contribution >= 4 is 17.6 Å². The number of aromatic nitrogens is 3. The van der Waals surface area contributed by atoms with Crippen LogP contribution in [0.1, 0.15) is 32.4 Å². The molecule has 2 aromatic rings. The molecule has 10 nitrogen and oxygen atoms in total. The standard InChI is InChI=1S/C23H33FN6O4/c1-16-11-30(17(2)14-31)22(32)8-5-9-29-12-20(26-27-29)15-34-21(16)13-28(3)23(33)25-19-7-4-6-18(24)10-19/h4,6-7,10,12,16-17,21,31H,5,8-9,11,13-15H2,1-3H3,(H,25,33)/t16-,17+,21-/m1/s1. The van der Waals surface area contributed by atoms with Crippen LogP contribution in [0.25, 0.3) is 0 Å². The highest BCUT2D eigenvalue weighted by molar-refractivity contribution is 5.89. The Hall–Kier alpha value is -3.05. The number of amides is 3. The molecular formula is C23H33FN6O4. The molecule has 0 saturated heterocycles. The molecule has 3 amide bonds. The number of hydrogen-bond acceptors (Lipinski definition) is 6. The van der Waals surface area contributed by atoms with Crippen molar-refractivity contribution in [2.45, 2.75) is 52.0 Å². The lowest BCUT2D eigenvalue weighted by atomic mass is 10.0. The maximum Gasteiger partial charge on any atom is 0.321 e. The lowest BCUT2D eigenvalue weighted by Gasteiger charge is -2.35. The first kappa shape index (κ1) is 25.6. The Morgan fingerprint density at radius 2 is 2.24 bits per heavy atom. The SMILES string of the molecule is C[C@@H]1CN([C@@H](C)CO)C(=O)CCCn2cc(nn2)CO[C@@H]1CN(C)C(=O)Nc1cccc(F)c1. The summed E-state index contributed by atoms with van der Waals surface area (Å²) < 4.78 is 21.3. The van der Waals surface area contributed by atoms with E-state index in [1.165, 1.54) is 23.1 Å². The van der Waals surface area contributed by atoms with Crippen molar-refractivity contribution in [3.05, 3.63) is 42.0 Å². The van der Waals surface area contributed by atoms with Gasteiger partial charge in [-0.05, 0) is 31.5 Å². The molecule has 0 spiro atoms. The van der Waals surface area contributed by atoms with Crippen LogP contribution in [0.3, 0.4) is 0 Å². The molecule has 1 aliphatic rings. The fraction of sp³-hybridized carbons (Fsp3) is 0.565. The first-order valence-corrected chi connectivity index (χ1v) is 11.5. The Morgan fingerprint density at radius 3 is 2.97 bits per heavy atom. The molecule has 3 rings (SSSR count). The van der Waals surface area contributed by atoms with Crippen molar-refractivity contribution in [1.82, 2.24) is 24.8 Å². The second kappa shape index (κ2) is 11.9. The number of ether oxygens (including phenoxy) is 1. The maximum absolute atomic E-state index is 13.5. The summed E-state index contributed by atoms with van der Waals surface area (Å²) in [6, 6.07) is 4.92. The first-order valence-electron chi connectivity index (χ1n) is 11.5. The second-order valence-electron chi connectivity index (χ2n) is 8.80. The average Bonchev–Trinajstić information content (AvgIpc) is 3.26. The molecule has 11 heteroatoms. The van der Waals surface area contributed by atoms with Gasteiger partial charge >= 0.3 is 6.03 Å². The molecule has 0 radical (unpaired) electrons. The zero-order valence-electron chi connectivity index (χ0n) is 19.9. The topological polar surface area (TPSA) is 113 Å². The highest BCUT2D eigenvalue weighted by Crippen LogP contribution is 2.18. The molecule has 1 aromatic heterocycles. The van der Waals surface area contributed by atoms with Crippen molar-refractivity contribution in [3.63, 3.8) is 0 Å². The molecule has 2 bridgehead atoms. The largest absolute Gasteiger partial charge is 0.394 e. The molecule has 0 unspecified atom stereocenters. The van der Waals surface area contributed by atoms with Crippen LogP contribution in [0.15, 0.2) is 30.5 Å². The van der Waals surface area contributed by atoms with Gasteiger partial charge in [-0.3, -0.25) is 9.48 Å². The van der Waals surface area contributed by atoms with E-state index in [1.807, 2.05) is 6.92 Å². The summed E-state index contributed by atoms with van der Waals surface area (Å²) in [5.41, 5.74) is 1.01. The number of likely N-dealkylation sites (N-methyl/N-ethyl adjacent to an activating group) is 1. The molecule has 186 valence electrons. The van der Waals surface area contributed by atoms with Gasteiger partial charge in [-0.1, -0.05) is 18.2 Å². The van der Waals surface area contributed by atoms with Crippen molar-refractivity contribution in [3.8, 4) is 0 Å². The van der Waals surface area contributed by atoms with Crippen LogP contribution >= 0.6 is 0 Å². The minimum atomic E-state index is -0.441. The minimum absolute atomic E-state index is 0.0519. The van der Waals surface area contributed by atoms with E-state index in [-0.39, 0.29) is 37.6 Å². The number of fused-ring (bicyclic) bond motifs is 2. The van der Waals surface area contributed by atoms with Gasteiger partial charge in [0.25, 0.3) is 0 Å². The van der Waals surface area contributed by atoms with Gasteiger partial charge in [-0.25, -0.2) is 9.18 Å². The maximum atomic E-state index is 13.5. The van der Waals surface area contributed by atoms with Gasteiger partial charge in [0.1, 0.15) is 11.5 Å². The second-order valence-corrected chi connectivity index (χ2v) is 8.80. The number of nitrogens with zero attached hydrogens (tertiary/aromatic N) is 5. The van der Waals surface area contributed by atoms with E-state index in [2.05, 4.69) is 15.6 Å². The van der Waals surface area contributed by atoms with E-state index >= 15 is 0 Å². The molecule has 0 aliphatic carbocycles. The molecule has 0 fully saturated rings. The highest BCUT2D eigenvalue weighted by atomic mass is 19.1. The van der Waals surface area contributed by atoms with Crippen LogP contribution in [0.4, 0.5) is 14.9 Å². The number of carbonyl (C=O) groups excluding carboxylic acids is 2. The number of aliphatic hydroxyl groups excluding tert-OH is 1. The summed E-state index contributed by atoms with van der Waals surface area (Å²) in [5.74, 6) is -0.648. The predicted molar refractivity (Wildman–Crippen MR) is 123 cm³/mol. The number of halogens is 1. The van der Waals surface area contributed by atoms with Crippen LogP contribution < -0.4 is 5.32 Å². The number of carbonyl (C=O) groups is 2. The Balaban J connectivity index is 1.75.